The van der Waals surface area contributed by atoms with E-state index in [0.717, 1.165) is 24.8 Å². The number of rotatable bonds is 13. The van der Waals surface area contributed by atoms with Crippen molar-refractivity contribution < 1.29 is 19.2 Å². The maximum absolute atomic E-state index is 13.3. The molecule has 3 amide bonds. The van der Waals surface area contributed by atoms with Crippen LogP contribution in [0.1, 0.15) is 65.4 Å². The number of hydrogen-bond donors (Lipinski definition) is 3. The minimum atomic E-state index is -1.08. The largest absolute Gasteiger partial charge is 0.350 e. The molecule has 1 aliphatic heterocycles. The molecule has 1 aromatic rings. The molecule has 0 radical (unpaired) electrons. The lowest BCUT2D eigenvalue weighted by Gasteiger charge is -2.31. The van der Waals surface area contributed by atoms with Crippen molar-refractivity contribution in [2.75, 3.05) is 12.3 Å². The van der Waals surface area contributed by atoms with E-state index >= 15 is 0 Å². The normalized spacial score (nSPS) is 17.2. The lowest BCUT2D eigenvalue weighted by molar-refractivity contribution is -0.140. The molecular weight excluding hydrogens is 518 g/mol. The van der Waals surface area contributed by atoms with Crippen LogP contribution >= 0.6 is 33.2 Å². The average molecular weight is 556 g/mol. The fraction of sp³-hybridized carbons (Fsp3) is 0.615. The maximum atomic E-state index is 13.3. The van der Waals surface area contributed by atoms with Gasteiger partial charge in [-0.3, -0.25) is 19.2 Å². The fourth-order valence-electron chi connectivity index (χ4n) is 3.86. The van der Waals surface area contributed by atoms with E-state index in [1.807, 2.05) is 42.4 Å². The lowest BCUT2D eigenvalue weighted by atomic mass is 9.85. The third-order valence-corrected chi connectivity index (χ3v) is 9.15. The summed E-state index contributed by atoms with van der Waals surface area (Å²) >= 11 is 5.96. The summed E-state index contributed by atoms with van der Waals surface area (Å²) in [6, 6.07) is 4.94. The Balaban J connectivity index is 2.04. The second-order valence-corrected chi connectivity index (χ2v) is 13.3. The molecule has 1 saturated heterocycles. The predicted molar refractivity (Wildman–Crippen MR) is 149 cm³/mol. The summed E-state index contributed by atoms with van der Waals surface area (Å²) < 4.78 is 0. The van der Waals surface area contributed by atoms with Crippen molar-refractivity contribution in [1.29, 1.82) is 0 Å². The Morgan fingerprint density at radius 2 is 1.78 bits per heavy atom. The molecule has 2 rings (SSSR count). The molecule has 0 bridgehead atoms. The first kappa shape index (κ1) is 30.5. The van der Waals surface area contributed by atoms with Gasteiger partial charge in [0, 0.05) is 35.4 Å². The molecule has 0 spiro atoms. The van der Waals surface area contributed by atoms with Gasteiger partial charge in [0.15, 0.2) is 0 Å². The predicted octanol–water partition coefficient (Wildman–Crippen LogP) is 4.32. The molecule has 200 valence electrons. The molecule has 1 aromatic carbocycles. The highest BCUT2D eigenvalue weighted by molar-refractivity contribution is 8.77. The summed E-state index contributed by atoms with van der Waals surface area (Å²) in [6.45, 7) is 7.57. The molecule has 0 aromatic heterocycles. The Hall–Kier alpha value is -1.71. The van der Waals surface area contributed by atoms with Gasteiger partial charge in [-0.2, -0.15) is 0 Å². The number of carbonyl (C=O) groups is 4. The minimum absolute atomic E-state index is 0.126. The summed E-state index contributed by atoms with van der Waals surface area (Å²) in [4.78, 5) is 51.2. The number of halogens is 1. The van der Waals surface area contributed by atoms with Crippen LogP contribution in [0.25, 0.3) is 0 Å². The molecule has 3 N–H and O–H groups in total. The van der Waals surface area contributed by atoms with Crippen LogP contribution in [0, 0.1) is 5.41 Å². The highest BCUT2D eigenvalue weighted by Crippen LogP contribution is 2.39. The quantitative estimate of drug-likeness (QED) is 0.190. The van der Waals surface area contributed by atoms with Gasteiger partial charge >= 0.3 is 0 Å². The van der Waals surface area contributed by atoms with Gasteiger partial charge in [-0.15, -0.1) is 0 Å². The summed E-state index contributed by atoms with van der Waals surface area (Å²) in [7, 11) is 3.84. The maximum Gasteiger partial charge on any atom is 0.289 e. The molecule has 36 heavy (non-hydrogen) atoms. The highest BCUT2D eigenvalue weighted by Gasteiger charge is 2.36. The van der Waals surface area contributed by atoms with E-state index in [1.165, 1.54) is 12.2 Å². The molecule has 7 nitrogen and oxygen atoms in total. The van der Waals surface area contributed by atoms with Gasteiger partial charge in [0.25, 0.3) is 5.91 Å². The lowest BCUT2D eigenvalue weighted by Crippen LogP contribution is -2.58. The number of benzene rings is 1. The zero-order valence-electron chi connectivity index (χ0n) is 21.5. The zero-order chi connectivity index (χ0) is 26.7. The molecule has 1 unspecified atom stereocenters. The van der Waals surface area contributed by atoms with Crippen LogP contribution < -0.4 is 16.0 Å². The Bertz CT molecular complexity index is 899. The molecule has 3 atom stereocenters. The van der Waals surface area contributed by atoms with Crippen molar-refractivity contribution in [3.63, 3.8) is 0 Å². The number of carbonyl (C=O) groups excluding carboxylic acids is 4. The minimum Gasteiger partial charge on any atom is -0.350 e. The first-order chi connectivity index (χ1) is 17.0. The van der Waals surface area contributed by atoms with Gasteiger partial charge in [0.1, 0.15) is 12.1 Å². The summed E-state index contributed by atoms with van der Waals surface area (Å²) in [6.07, 6.45) is 4.53. The summed E-state index contributed by atoms with van der Waals surface area (Å²) in [5, 5.41) is 9.32. The van der Waals surface area contributed by atoms with E-state index in [-0.39, 0.29) is 12.3 Å². The van der Waals surface area contributed by atoms with Crippen LogP contribution in [0.2, 0.25) is 5.02 Å². The fourth-order valence-corrected chi connectivity index (χ4v) is 7.01. The van der Waals surface area contributed by atoms with Crippen molar-refractivity contribution in [2.24, 2.45) is 5.41 Å². The number of nitrogens with one attached hydrogen (secondary N) is 3. The van der Waals surface area contributed by atoms with Crippen molar-refractivity contribution in [1.82, 2.24) is 16.0 Å². The molecule has 0 aliphatic carbocycles. The third-order valence-electron chi connectivity index (χ3n) is 5.89. The highest BCUT2D eigenvalue weighted by atomic mass is 35.5. The molecule has 0 saturated carbocycles. The molecule has 1 heterocycles. The second-order valence-electron chi connectivity index (χ2n) is 10.1. The van der Waals surface area contributed by atoms with E-state index in [2.05, 4.69) is 16.0 Å². The average Bonchev–Trinajstić information content (AvgIpc) is 3.33. The van der Waals surface area contributed by atoms with Gasteiger partial charge in [-0.1, -0.05) is 72.5 Å². The monoisotopic (exact) mass is 555 g/mol. The smallest absolute Gasteiger partial charge is 0.289 e. The number of ketones is 1. The SMILES string of the molecule is CCNC(=O)C(=O)[C@H](Cc1ccc(Cl)cc1)NC(=O)[C@@H](NC(=O)CCCCC1CCSS1)C(C)(C)C. The van der Waals surface area contributed by atoms with Crippen molar-refractivity contribution in [2.45, 2.75) is 83.6 Å². The Morgan fingerprint density at radius 3 is 2.36 bits per heavy atom. The van der Waals surface area contributed by atoms with Gasteiger partial charge in [0.2, 0.25) is 17.6 Å². The van der Waals surface area contributed by atoms with Gasteiger partial charge in [0.05, 0.1) is 0 Å². The van der Waals surface area contributed by atoms with Crippen LogP contribution in [0.3, 0.4) is 0 Å². The Labute approximate surface area is 227 Å². The second kappa shape index (κ2) is 14.9. The third kappa shape index (κ3) is 10.3. The summed E-state index contributed by atoms with van der Waals surface area (Å²) in [5.41, 5.74) is 0.148. The topological polar surface area (TPSA) is 104 Å². The van der Waals surface area contributed by atoms with Crippen molar-refractivity contribution >= 4 is 56.7 Å². The number of unbranched alkanes of at least 4 members (excludes halogenated alkanes) is 1. The summed E-state index contributed by atoms with van der Waals surface area (Å²) in [5.74, 6) is -0.983. The van der Waals surface area contributed by atoms with E-state index in [0.29, 0.717) is 23.2 Å². The number of Topliss-reactive ketones (excluding diaryl/α,β-unsaturated/α-hetero) is 1. The van der Waals surface area contributed by atoms with Crippen LogP contribution in [-0.4, -0.2) is 53.1 Å². The van der Waals surface area contributed by atoms with Crippen LogP contribution in [0.5, 0.6) is 0 Å². The van der Waals surface area contributed by atoms with Crippen LogP contribution in [0.4, 0.5) is 0 Å². The van der Waals surface area contributed by atoms with Crippen molar-refractivity contribution in [3.05, 3.63) is 34.9 Å². The number of hydrogen-bond acceptors (Lipinski definition) is 6. The Kier molecular flexibility index (Phi) is 12.6. The molecule has 1 aliphatic rings. The first-order valence-corrected chi connectivity index (χ1v) is 15.2. The standard InChI is InChI=1S/C26H38ClN3O4S2/c1-5-28-24(33)22(32)20(16-17-10-12-18(27)13-11-17)29-25(34)23(26(2,3)4)30-21(31)9-7-6-8-19-14-15-35-36-19/h10-13,19-20,23H,5-9,14-16H2,1-4H3,(H,28,33)(H,29,34)(H,30,31)/t19?,20-,23+/m0/s1. The van der Waals surface area contributed by atoms with Crippen molar-refractivity contribution in [3.8, 4) is 0 Å². The van der Waals surface area contributed by atoms with E-state index in [4.69, 9.17) is 11.6 Å². The molecule has 1 fully saturated rings. The van der Waals surface area contributed by atoms with E-state index in [1.54, 1.807) is 31.2 Å². The van der Waals surface area contributed by atoms with Gasteiger partial charge in [-0.25, -0.2) is 0 Å². The number of likely N-dealkylation sites (N-methyl/N-ethyl adjacent to an activating group) is 1. The first-order valence-electron chi connectivity index (χ1n) is 12.5. The molecule has 10 heteroatoms. The van der Waals surface area contributed by atoms with Gasteiger partial charge < -0.3 is 16.0 Å². The number of amides is 3. The zero-order valence-corrected chi connectivity index (χ0v) is 23.9. The van der Waals surface area contributed by atoms with E-state index < -0.39 is 35.1 Å². The van der Waals surface area contributed by atoms with E-state index in [9.17, 15) is 19.2 Å². The molecular formula is C26H38ClN3O4S2. The van der Waals surface area contributed by atoms with Crippen LogP contribution in [-0.2, 0) is 25.6 Å². The van der Waals surface area contributed by atoms with Gasteiger partial charge in [-0.05, 0) is 49.3 Å². The Morgan fingerprint density at radius 1 is 1.08 bits per heavy atom. The van der Waals surface area contributed by atoms with Crippen LogP contribution in [0.15, 0.2) is 24.3 Å².